The van der Waals surface area contributed by atoms with Gasteiger partial charge in [-0.25, -0.2) is 0 Å². The van der Waals surface area contributed by atoms with Crippen molar-refractivity contribution in [1.82, 2.24) is 0 Å². The molecule has 10 aromatic rings. The van der Waals surface area contributed by atoms with Crippen molar-refractivity contribution < 1.29 is 30.2 Å². The highest BCUT2D eigenvalue weighted by Crippen LogP contribution is 2.42. The van der Waals surface area contributed by atoms with Crippen LogP contribution in [0.1, 0.15) is 30.2 Å². The summed E-state index contributed by atoms with van der Waals surface area (Å²) in [6.07, 6.45) is 0. The molecule has 0 amide bonds. The molecule has 0 spiro atoms. The third-order valence-corrected chi connectivity index (χ3v) is 8.29. The first-order valence-electron chi connectivity index (χ1n) is 25.2. The van der Waals surface area contributed by atoms with Gasteiger partial charge in [-0.2, -0.15) is 0 Å². The first kappa shape index (κ1) is 12.1. The van der Waals surface area contributed by atoms with Crippen LogP contribution in [0.2, 0.25) is 0 Å². The zero-order valence-electron chi connectivity index (χ0n) is 45.5. The molecule has 0 nitrogen and oxygen atoms in total. The first-order valence-corrected chi connectivity index (χ1v) is 14.2. The fourth-order valence-corrected chi connectivity index (χ4v) is 6.26. The smallest absolute Gasteiger partial charge is 0.0616 e. The van der Waals surface area contributed by atoms with E-state index in [0.717, 1.165) is 0 Å². The number of hydrogen-bond acceptors (Lipinski definition) is 0. The summed E-state index contributed by atoms with van der Waals surface area (Å²) in [4.78, 5) is 0. The molecule has 46 heavy (non-hydrogen) atoms. The van der Waals surface area contributed by atoms with Gasteiger partial charge in [0.2, 0.25) is 0 Å². The van der Waals surface area contributed by atoms with E-state index in [-0.39, 0.29) is 86.9 Å². The SMILES string of the molecule is [2H]c1c([2H])c([2H])c2c([2H])c3c(c([2H])c([2H])c4c([2H])c([2H])c([2H])c([2H])c43)c(-c3ccc4cc(-c5c6c([2H])c([2H])c([2H])c([2H])c6c([2H])c6c5c([2H])c([2H])c5c([2H])c([2H])c([2H])c([2H])c56)ccc4c3)c2c1[2H]. The number of fused-ring (bicyclic) bond motifs is 9. The summed E-state index contributed by atoms with van der Waals surface area (Å²) in [6, 6.07) is -4.16. The van der Waals surface area contributed by atoms with E-state index in [4.69, 9.17) is 24.7 Å². The highest BCUT2D eigenvalue weighted by Gasteiger charge is 2.15. The van der Waals surface area contributed by atoms with Crippen LogP contribution in [0, 0.1) is 0 Å². The van der Waals surface area contributed by atoms with Crippen LogP contribution in [0.5, 0.6) is 0 Å². The van der Waals surface area contributed by atoms with Crippen LogP contribution in [-0.4, -0.2) is 0 Å². The molecule has 0 N–H and O–H groups in total. The van der Waals surface area contributed by atoms with Gasteiger partial charge in [-0.15, -0.1) is 0 Å². The van der Waals surface area contributed by atoms with Crippen LogP contribution >= 0.6 is 0 Å². The molecule has 212 valence electrons. The third kappa shape index (κ3) is 3.74. The third-order valence-electron chi connectivity index (χ3n) is 8.29. The Hall–Kier alpha value is -5.98. The quantitative estimate of drug-likeness (QED) is 0.136. The monoisotopic (exact) mass is 602 g/mol. The van der Waals surface area contributed by atoms with Gasteiger partial charge in [-0.05, 0) is 122 Å². The second kappa shape index (κ2) is 9.76. The molecule has 0 atom stereocenters. The minimum absolute atomic E-state index is 0.0194. The lowest BCUT2D eigenvalue weighted by atomic mass is 9.87. The summed E-state index contributed by atoms with van der Waals surface area (Å²) in [5.41, 5.74) is 0.396. The standard InChI is InChI=1S/C46H28/c1-5-13-37-29(9-1)21-23-41-43(37)27-33-11-3-7-15-39(33)45(41)35-19-17-32-26-36(20-18-31(32)25-35)46-40-16-8-4-12-34(40)28-44-38-14-6-2-10-30(38)22-24-42(44)46/h1-28H/i1D,2D,3D,4D,5D,6D,7D,8D,9D,10D,11D,12D,13D,14D,15D,16D,21D,22D,23D,24D,27D,28D. The van der Waals surface area contributed by atoms with Gasteiger partial charge in [-0.3, -0.25) is 0 Å². The van der Waals surface area contributed by atoms with Crippen molar-refractivity contribution in [2.24, 2.45) is 0 Å². The van der Waals surface area contributed by atoms with E-state index in [1.165, 1.54) is 12.1 Å². The molecule has 0 radical (unpaired) electrons. The van der Waals surface area contributed by atoms with Crippen molar-refractivity contribution in [1.29, 1.82) is 0 Å². The average Bonchev–Trinajstić information content (AvgIpc) is 3.32. The summed E-state index contributed by atoms with van der Waals surface area (Å²) in [5, 5.41) is -2.12. The van der Waals surface area contributed by atoms with Gasteiger partial charge in [0.1, 0.15) is 0 Å². The van der Waals surface area contributed by atoms with E-state index in [0.29, 0.717) is 10.8 Å². The molecule has 0 fully saturated rings. The Balaban J connectivity index is 1.35. The molecule has 0 heteroatoms. The van der Waals surface area contributed by atoms with Crippen LogP contribution in [0.4, 0.5) is 0 Å². The van der Waals surface area contributed by atoms with Crippen LogP contribution in [-0.2, 0) is 0 Å². The van der Waals surface area contributed by atoms with E-state index in [9.17, 15) is 5.48 Å². The lowest BCUT2D eigenvalue weighted by molar-refractivity contribution is 1.69. The van der Waals surface area contributed by atoms with Gasteiger partial charge in [0.25, 0.3) is 0 Å². The largest absolute Gasteiger partial charge is 0.0636 e. The molecular formula is C46H28. The van der Waals surface area contributed by atoms with Gasteiger partial charge in [0, 0.05) is 0 Å². The second-order valence-electron chi connectivity index (χ2n) is 10.8. The highest BCUT2D eigenvalue weighted by molar-refractivity contribution is 6.22. The summed E-state index contributed by atoms with van der Waals surface area (Å²) >= 11 is 0. The summed E-state index contributed by atoms with van der Waals surface area (Å²) in [6.45, 7) is 0. The van der Waals surface area contributed by atoms with Crippen LogP contribution in [0.3, 0.4) is 0 Å². The molecule has 0 heterocycles. The second-order valence-corrected chi connectivity index (χ2v) is 10.8. The Bertz CT molecular complexity index is 3840. The molecule has 0 aliphatic carbocycles. The van der Waals surface area contributed by atoms with Crippen molar-refractivity contribution in [3.63, 3.8) is 0 Å². The van der Waals surface area contributed by atoms with Gasteiger partial charge in [0.05, 0.1) is 30.2 Å². The molecule has 0 saturated heterocycles. The molecule has 0 aliphatic heterocycles. The molecule has 0 aromatic heterocycles. The van der Waals surface area contributed by atoms with Crippen molar-refractivity contribution in [2.45, 2.75) is 0 Å². The van der Waals surface area contributed by atoms with E-state index in [1.54, 1.807) is 24.3 Å². The Morgan fingerprint density at radius 3 is 1.13 bits per heavy atom. The van der Waals surface area contributed by atoms with E-state index in [1.807, 2.05) is 0 Å². The maximum absolute atomic E-state index is 9.40. The number of hydrogen-bond donors (Lipinski definition) is 0. The van der Waals surface area contributed by atoms with Crippen molar-refractivity contribution in [3.8, 4) is 22.3 Å². The minimum Gasteiger partial charge on any atom is -0.0616 e. The van der Waals surface area contributed by atoms with Crippen LogP contribution < -0.4 is 0 Å². The van der Waals surface area contributed by atoms with E-state index in [2.05, 4.69) is 0 Å². The molecule has 0 aliphatic rings. The van der Waals surface area contributed by atoms with Gasteiger partial charge in [-0.1, -0.05) is 145 Å². The zero-order valence-corrected chi connectivity index (χ0v) is 23.5. The van der Waals surface area contributed by atoms with Crippen molar-refractivity contribution in [2.75, 3.05) is 0 Å². The lowest BCUT2D eigenvalue weighted by Crippen LogP contribution is -1.89. The topological polar surface area (TPSA) is 0 Å². The lowest BCUT2D eigenvalue weighted by Gasteiger charge is -2.16. The first-order chi connectivity index (χ1) is 32.0. The summed E-state index contributed by atoms with van der Waals surface area (Å²) in [7, 11) is 0. The molecule has 0 bridgehead atoms. The molecule has 10 rings (SSSR count). The normalized spacial score (nSPS) is 18.6. The van der Waals surface area contributed by atoms with Crippen LogP contribution in [0.25, 0.3) is 97.7 Å². The fourth-order valence-electron chi connectivity index (χ4n) is 6.26. The predicted octanol–water partition coefficient (Wildman–Crippen LogP) is 13.1. The van der Waals surface area contributed by atoms with Crippen molar-refractivity contribution in [3.05, 3.63) is 169 Å². The van der Waals surface area contributed by atoms with E-state index >= 15 is 0 Å². The number of rotatable bonds is 2. The van der Waals surface area contributed by atoms with Crippen molar-refractivity contribution >= 4 is 75.4 Å². The maximum atomic E-state index is 9.40. The maximum Gasteiger partial charge on any atom is 0.0636 e. The van der Waals surface area contributed by atoms with Crippen LogP contribution in [0.15, 0.2) is 169 Å². The molecule has 0 unspecified atom stereocenters. The minimum atomic E-state index is -0.680. The van der Waals surface area contributed by atoms with Gasteiger partial charge in [0.15, 0.2) is 0 Å². The molecule has 10 aromatic carbocycles. The van der Waals surface area contributed by atoms with Gasteiger partial charge >= 0.3 is 0 Å². The Kier molecular flexibility index (Phi) is 2.56. The fraction of sp³-hybridized carbons (Fsp3) is 0. The number of benzene rings is 10. The average molecular weight is 603 g/mol. The molecular weight excluding hydrogens is 553 g/mol. The Morgan fingerprint density at radius 1 is 0.283 bits per heavy atom. The summed E-state index contributed by atoms with van der Waals surface area (Å²) < 4.78 is 195. The predicted molar refractivity (Wildman–Crippen MR) is 200 cm³/mol. The van der Waals surface area contributed by atoms with E-state index < -0.39 is 133 Å². The molecule has 0 saturated carbocycles. The Morgan fingerprint density at radius 2 is 0.674 bits per heavy atom. The summed E-state index contributed by atoms with van der Waals surface area (Å²) in [5.74, 6) is 0. The highest BCUT2D eigenvalue weighted by atomic mass is 14.2. The van der Waals surface area contributed by atoms with Gasteiger partial charge < -0.3 is 0 Å². The Labute approximate surface area is 297 Å². The zero-order chi connectivity index (χ0) is 49.3.